The number of hydrogen-bond donors (Lipinski definition) is 2. The van der Waals surface area contributed by atoms with Gasteiger partial charge in [-0.15, -0.1) is 0 Å². The van der Waals surface area contributed by atoms with Crippen molar-refractivity contribution in [3.05, 3.63) is 59.7 Å². The first-order chi connectivity index (χ1) is 13.6. The smallest absolute Gasteiger partial charge is 0.259 e. The summed E-state index contributed by atoms with van der Waals surface area (Å²) in [5.41, 5.74) is 3.65. The highest BCUT2D eigenvalue weighted by Crippen LogP contribution is 2.12. The third kappa shape index (κ3) is 7.11. The van der Waals surface area contributed by atoms with Crippen molar-refractivity contribution < 1.29 is 19.1 Å². The van der Waals surface area contributed by atoms with Crippen molar-refractivity contribution in [2.75, 3.05) is 19.8 Å². The van der Waals surface area contributed by atoms with E-state index in [1.165, 1.54) is 6.21 Å². The molecule has 0 aromatic heterocycles. The lowest BCUT2D eigenvalue weighted by molar-refractivity contribution is -0.120. The van der Waals surface area contributed by atoms with Crippen molar-refractivity contribution in [2.24, 2.45) is 5.10 Å². The SMILES string of the molecule is CCCOc1ccc(C(=O)NCC(=O)N/N=C/c2ccc(OCC)cc2)cc1. The van der Waals surface area contributed by atoms with Gasteiger partial charge in [-0.1, -0.05) is 6.92 Å². The van der Waals surface area contributed by atoms with E-state index in [-0.39, 0.29) is 12.5 Å². The molecule has 0 radical (unpaired) electrons. The Hall–Kier alpha value is -3.35. The number of hydrogen-bond acceptors (Lipinski definition) is 5. The van der Waals surface area contributed by atoms with Gasteiger partial charge in [0.15, 0.2) is 0 Å². The lowest BCUT2D eigenvalue weighted by atomic mass is 10.2. The van der Waals surface area contributed by atoms with Gasteiger partial charge in [0.2, 0.25) is 0 Å². The molecule has 2 rings (SSSR count). The molecule has 0 aliphatic carbocycles. The van der Waals surface area contributed by atoms with Crippen LogP contribution >= 0.6 is 0 Å². The van der Waals surface area contributed by atoms with Gasteiger partial charge in [-0.2, -0.15) is 5.10 Å². The normalized spacial score (nSPS) is 10.5. The molecule has 2 aromatic rings. The largest absolute Gasteiger partial charge is 0.494 e. The fraction of sp³-hybridized carbons (Fsp3) is 0.286. The van der Waals surface area contributed by atoms with Crippen LogP contribution in [0.15, 0.2) is 53.6 Å². The summed E-state index contributed by atoms with van der Waals surface area (Å²) < 4.78 is 10.8. The van der Waals surface area contributed by atoms with Gasteiger partial charge < -0.3 is 14.8 Å². The Balaban J connectivity index is 1.74. The molecule has 2 amide bonds. The number of hydrazone groups is 1. The minimum Gasteiger partial charge on any atom is -0.494 e. The van der Waals surface area contributed by atoms with Crippen LogP contribution < -0.4 is 20.2 Å². The highest BCUT2D eigenvalue weighted by Gasteiger charge is 2.07. The van der Waals surface area contributed by atoms with Crippen LogP contribution in [-0.4, -0.2) is 37.8 Å². The Morgan fingerprint density at radius 3 is 2.25 bits per heavy atom. The molecule has 0 atom stereocenters. The van der Waals surface area contributed by atoms with E-state index in [4.69, 9.17) is 9.47 Å². The van der Waals surface area contributed by atoms with Gasteiger partial charge in [-0.05, 0) is 67.4 Å². The van der Waals surface area contributed by atoms with Crippen molar-refractivity contribution in [1.29, 1.82) is 0 Å². The Bertz CT molecular complexity index is 786. The maximum Gasteiger partial charge on any atom is 0.259 e. The summed E-state index contributed by atoms with van der Waals surface area (Å²) in [5, 5.41) is 6.42. The van der Waals surface area contributed by atoms with E-state index < -0.39 is 5.91 Å². The molecule has 0 spiro atoms. The zero-order valence-corrected chi connectivity index (χ0v) is 16.1. The molecule has 0 saturated carbocycles. The molecule has 7 nitrogen and oxygen atoms in total. The maximum atomic E-state index is 12.1. The van der Waals surface area contributed by atoms with Crippen molar-refractivity contribution in [2.45, 2.75) is 20.3 Å². The summed E-state index contributed by atoms with van der Waals surface area (Å²) in [6, 6.07) is 14.1. The van der Waals surface area contributed by atoms with Crippen molar-refractivity contribution in [3.8, 4) is 11.5 Å². The van der Waals surface area contributed by atoms with Crippen LogP contribution in [0.2, 0.25) is 0 Å². The molecule has 0 heterocycles. The van der Waals surface area contributed by atoms with Gasteiger partial charge in [-0.3, -0.25) is 9.59 Å². The fourth-order valence-corrected chi connectivity index (χ4v) is 2.22. The number of amides is 2. The zero-order chi connectivity index (χ0) is 20.2. The van der Waals surface area contributed by atoms with Crippen LogP contribution in [0.4, 0.5) is 0 Å². The molecule has 0 bridgehead atoms. The molecule has 0 unspecified atom stereocenters. The summed E-state index contributed by atoms with van der Waals surface area (Å²) in [6.45, 7) is 5.00. The molecular weight excluding hydrogens is 358 g/mol. The van der Waals surface area contributed by atoms with Gasteiger partial charge in [0.1, 0.15) is 11.5 Å². The number of carbonyl (C=O) groups is 2. The highest BCUT2D eigenvalue weighted by atomic mass is 16.5. The van der Waals surface area contributed by atoms with E-state index in [1.54, 1.807) is 24.3 Å². The van der Waals surface area contributed by atoms with Crippen LogP contribution in [0.3, 0.4) is 0 Å². The fourth-order valence-electron chi connectivity index (χ4n) is 2.22. The average molecular weight is 383 g/mol. The summed E-state index contributed by atoms with van der Waals surface area (Å²) in [7, 11) is 0. The predicted octanol–water partition coefficient (Wildman–Crippen LogP) is 2.75. The second-order valence-electron chi connectivity index (χ2n) is 5.85. The number of carbonyl (C=O) groups excluding carboxylic acids is 2. The first-order valence-electron chi connectivity index (χ1n) is 9.18. The van der Waals surface area contributed by atoms with E-state index in [2.05, 4.69) is 15.8 Å². The Morgan fingerprint density at radius 2 is 1.61 bits per heavy atom. The van der Waals surface area contributed by atoms with Gasteiger partial charge in [0.05, 0.1) is 26.0 Å². The number of benzene rings is 2. The molecule has 0 fully saturated rings. The van der Waals surface area contributed by atoms with E-state index in [0.717, 1.165) is 17.7 Å². The molecule has 2 N–H and O–H groups in total. The van der Waals surface area contributed by atoms with Crippen molar-refractivity contribution in [1.82, 2.24) is 10.7 Å². The Labute approximate surface area is 164 Å². The molecule has 0 saturated heterocycles. The van der Waals surface area contributed by atoms with Gasteiger partial charge in [-0.25, -0.2) is 5.43 Å². The summed E-state index contributed by atoms with van der Waals surface area (Å²) in [4.78, 5) is 23.9. The maximum absolute atomic E-state index is 12.1. The highest BCUT2D eigenvalue weighted by molar-refractivity contribution is 5.96. The second-order valence-corrected chi connectivity index (χ2v) is 5.85. The molecule has 148 valence electrons. The number of nitrogens with zero attached hydrogens (tertiary/aromatic N) is 1. The first kappa shape index (κ1) is 21.0. The van der Waals surface area contributed by atoms with E-state index in [1.807, 2.05) is 38.1 Å². The number of rotatable bonds is 10. The quantitative estimate of drug-likeness (QED) is 0.488. The van der Waals surface area contributed by atoms with E-state index >= 15 is 0 Å². The minimum atomic E-state index is -0.418. The third-order valence-electron chi connectivity index (χ3n) is 3.59. The lowest BCUT2D eigenvalue weighted by Crippen LogP contribution is -2.34. The zero-order valence-electron chi connectivity index (χ0n) is 16.1. The summed E-state index contributed by atoms with van der Waals surface area (Å²) in [5.74, 6) is 0.724. The number of ether oxygens (including phenoxy) is 2. The molecule has 0 aliphatic heterocycles. The molecule has 2 aromatic carbocycles. The predicted molar refractivity (Wildman–Crippen MR) is 108 cm³/mol. The first-order valence-corrected chi connectivity index (χ1v) is 9.18. The van der Waals surface area contributed by atoms with Crippen molar-refractivity contribution in [3.63, 3.8) is 0 Å². The molecule has 7 heteroatoms. The van der Waals surface area contributed by atoms with Crippen LogP contribution in [0, 0.1) is 0 Å². The number of nitrogens with one attached hydrogen (secondary N) is 2. The standard InChI is InChI=1S/C21H25N3O4/c1-3-13-28-19-11-7-17(8-12-19)21(26)22-15-20(25)24-23-14-16-5-9-18(10-6-16)27-4-2/h5-12,14H,3-4,13,15H2,1-2H3,(H,22,26)(H,24,25)/b23-14+. The van der Waals surface area contributed by atoms with Gasteiger partial charge in [0.25, 0.3) is 11.8 Å². The monoisotopic (exact) mass is 383 g/mol. The molecular formula is C21H25N3O4. The van der Waals surface area contributed by atoms with Crippen LogP contribution in [0.25, 0.3) is 0 Å². The molecule has 28 heavy (non-hydrogen) atoms. The van der Waals surface area contributed by atoms with Gasteiger partial charge >= 0.3 is 0 Å². The summed E-state index contributed by atoms with van der Waals surface area (Å²) >= 11 is 0. The van der Waals surface area contributed by atoms with Gasteiger partial charge in [0, 0.05) is 5.56 Å². The second kappa shape index (κ2) is 11.4. The van der Waals surface area contributed by atoms with E-state index in [0.29, 0.717) is 24.5 Å². The topological polar surface area (TPSA) is 89.0 Å². The minimum absolute atomic E-state index is 0.173. The van der Waals surface area contributed by atoms with Crippen molar-refractivity contribution >= 4 is 18.0 Å². The van der Waals surface area contributed by atoms with Crippen LogP contribution in [0.1, 0.15) is 36.2 Å². The van der Waals surface area contributed by atoms with Crippen LogP contribution in [-0.2, 0) is 4.79 Å². The van der Waals surface area contributed by atoms with E-state index in [9.17, 15) is 9.59 Å². The summed E-state index contributed by atoms with van der Waals surface area (Å²) in [6.07, 6.45) is 2.43. The lowest BCUT2D eigenvalue weighted by Gasteiger charge is -2.07. The Morgan fingerprint density at radius 1 is 0.964 bits per heavy atom. The third-order valence-corrected chi connectivity index (χ3v) is 3.59. The molecule has 0 aliphatic rings. The Kier molecular flexibility index (Phi) is 8.52. The average Bonchev–Trinajstić information content (AvgIpc) is 2.72. The van der Waals surface area contributed by atoms with Crippen LogP contribution in [0.5, 0.6) is 11.5 Å².